The van der Waals surface area contributed by atoms with Gasteiger partial charge in [-0.25, -0.2) is 4.39 Å². The van der Waals surface area contributed by atoms with Crippen LogP contribution in [0.2, 0.25) is 5.02 Å². The third-order valence-corrected chi connectivity index (χ3v) is 2.17. The van der Waals surface area contributed by atoms with Crippen molar-refractivity contribution in [1.29, 1.82) is 0 Å². The van der Waals surface area contributed by atoms with E-state index in [0.29, 0.717) is 24.5 Å². The highest BCUT2D eigenvalue weighted by Crippen LogP contribution is 2.16. The minimum Gasteiger partial charge on any atom is -0.313 e. The number of alkyl halides is 1. The first-order valence-electron chi connectivity index (χ1n) is 4.44. The van der Waals surface area contributed by atoms with Crippen LogP contribution in [-0.2, 0) is 6.54 Å². The molecule has 0 spiro atoms. The zero-order valence-corrected chi connectivity index (χ0v) is 8.45. The molecule has 0 radical (unpaired) electrons. The average Bonchev–Trinajstić information content (AvgIpc) is 2.15. The summed E-state index contributed by atoms with van der Waals surface area (Å²) in [5.74, 6) is -0.345. The molecule has 1 aromatic rings. The van der Waals surface area contributed by atoms with Gasteiger partial charge in [0.15, 0.2) is 0 Å². The normalized spacial score (nSPS) is 10.5. The van der Waals surface area contributed by atoms with Crippen molar-refractivity contribution in [3.05, 3.63) is 34.6 Å². The Balaban J connectivity index is 2.42. The molecule has 14 heavy (non-hydrogen) atoms. The average molecular weight is 220 g/mol. The van der Waals surface area contributed by atoms with E-state index in [0.717, 1.165) is 5.56 Å². The van der Waals surface area contributed by atoms with Crippen molar-refractivity contribution in [1.82, 2.24) is 5.32 Å². The van der Waals surface area contributed by atoms with E-state index in [1.165, 1.54) is 12.1 Å². The second-order valence-electron chi connectivity index (χ2n) is 2.96. The third kappa shape index (κ3) is 3.60. The Morgan fingerprint density at radius 3 is 2.79 bits per heavy atom. The van der Waals surface area contributed by atoms with Gasteiger partial charge in [0.2, 0.25) is 0 Å². The second kappa shape index (κ2) is 5.94. The highest BCUT2D eigenvalue weighted by Gasteiger charge is 2.00. The molecule has 0 amide bonds. The Kier molecular flexibility index (Phi) is 4.84. The van der Waals surface area contributed by atoms with Crippen molar-refractivity contribution >= 4 is 11.6 Å². The molecule has 0 heterocycles. The Bertz CT molecular complexity index is 291. The first-order chi connectivity index (χ1) is 6.74. The van der Waals surface area contributed by atoms with E-state index in [9.17, 15) is 8.78 Å². The Morgan fingerprint density at radius 2 is 2.14 bits per heavy atom. The van der Waals surface area contributed by atoms with Crippen LogP contribution in [0.15, 0.2) is 18.2 Å². The van der Waals surface area contributed by atoms with E-state index in [2.05, 4.69) is 5.32 Å². The monoisotopic (exact) mass is 219 g/mol. The maximum absolute atomic E-state index is 12.6. The summed E-state index contributed by atoms with van der Waals surface area (Å²) in [5.41, 5.74) is 0.826. The van der Waals surface area contributed by atoms with Gasteiger partial charge in [0.05, 0.1) is 6.67 Å². The molecule has 0 atom stereocenters. The van der Waals surface area contributed by atoms with Crippen molar-refractivity contribution in [2.45, 2.75) is 13.0 Å². The minimum absolute atomic E-state index is 0.329. The lowest BCUT2D eigenvalue weighted by atomic mass is 10.2. The number of halogens is 3. The molecule has 0 fully saturated rings. The Labute approximate surface area is 87.1 Å². The van der Waals surface area contributed by atoms with E-state index in [1.807, 2.05) is 0 Å². The lowest BCUT2D eigenvalue weighted by Gasteiger charge is -2.05. The second-order valence-corrected chi connectivity index (χ2v) is 3.36. The largest absolute Gasteiger partial charge is 0.313 e. The fourth-order valence-corrected chi connectivity index (χ4v) is 1.31. The topological polar surface area (TPSA) is 12.0 Å². The third-order valence-electron chi connectivity index (χ3n) is 1.82. The highest BCUT2D eigenvalue weighted by atomic mass is 35.5. The molecule has 1 aromatic carbocycles. The lowest BCUT2D eigenvalue weighted by Crippen LogP contribution is -2.15. The van der Waals surface area contributed by atoms with Crippen LogP contribution in [0, 0.1) is 5.82 Å². The van der Waals surface area contributed by atoms with Gasteiger partial charge in [-0.1, -0.05) is 17.7 Å². The fraction of sp³-hybridized carbons (Fsp3) is 0.400. The summed E-state index contributed by atoms with van der Waals surface area (Å²) < 4.78 is 24.4. The van der Waals surface area contributed by atoms with Gasteiger partial charge in [-0.15, -0.1) is 0 Å². The van der Waals surface area contributed by atoms with Crippen molar-refractivity contribution in [3.63, 3.8) is 0 Å². The summed E-state index contributed by atoms with van der Waals surface area (Å²) in [7, 11) is 0. The molecule has 1 rings (SSSR count). The summed E-state index contributed by atoms with van der Waals surface area (Å²) in [6, 6.07) is 4.26. The van der Waals surface area contributed by atoms with Crippen molar-refractivity contribution in [2.24, 2.45) is 0 Å². The van der Waals surface area contributed by atoms with Gasteiger partial charge in [0, 0.05) is 11.6 Å². The van der Waals surface area contributed by atoms with Crippen LogP contribution in [0.1, 0.15) is 12.0 Å². The molecule has 0 saturated heterocycles. The molecule has 78 valence electrons. The summed E-state index contributed by atoms with van der Waals surface area (Å²) >= 11 is 5.79. The van der Waals surface area contributed by atoms with Gasteiger partial charge in [0.25, 0.3) is 0 Å². The molecule has 1 N–H and O–H groups in total. The zero-order valence-electron chi connectivity index (χ0n) is 7.69. The van der Waals surface area contributed by atoms with Crippen LogP contribution in [0.3, 0.4) is 0 Å². The number of benzene rings is 1. The van der Waals surface area contributed by atoms with E-state index in [1.54, 1.807) is 6.07 Å². The predicted octanol–water partition coefficient (Wildman–Crippen LogP) is 2.93. The van der Waals surface area contributed by atoms with Gasteiger partial charge in [-0.3, -0.25) is 4.39 Å². The van der Waals surface area contributed by atoms with Crippen LogP contribution in [-0.4, -0.2) is 13.2 Å². The van der Waals surface area contributed by atoms with E-state index >= 15 is 0 Å². The number of hydrogen-bond acceptors (Lipinski definition) is 1. The van der Waals surface area contributed by atoms with Crippen LogP contribution in [0.5, 0.6) is 0 Å². The fourth-order valence-electron chi connectivity index (χ4n) is 1.08. The number of hydrogen-bond donors (Lipinski definition) is 1. The molecule has 0 aromatic heterocycles. The molecule has 4 heteroatoms. The van der Waals surface area contributed by atoms with Crippen LogP contribution >= 0.6 is 11.6 Å². The number of rotatable bonds is 5. The van der Waals surface area contributed by atoms with Gasteiger partial charge >= 0.3 is 0 Å². The van der Waals surface area contributed by atoms with Gasteiger partial charge in [-0.2, -0.15) is 0 Å². The predicted molar refractivity (Wildman–Crippen MR) is 53.7 cm³/mol. The molecule has 0 aliphatic rings. The summed E-state index contributed by atoms with van der Waals surface area (Å²) in [5, 5.41) is 3.42. The molecule has 0 bridgehead atoms. The van der Waals surface area contributed by atoms with E-state index in [-0.39, 0.29) is 12.5 Å². The Morgan fingerprint density at radius 1 is 1.36 bits per heavy atom. The van der Waals surface area contributed by atoms with Crippen LogP contribution in [0.4, 0.5) is 8.78 Å². The molecule has 0 aliphatic heterocycles. The first kappa shape index (κ1) is 11.4. The maximum atomic E-state index is 12.6. The van der Waals surface area contributed by atoms with Crippen molar-refractivity contribution in [3.8, 4) is 0 Å². The van der Waals surface area contributed by atoms with Gasteiger partial charge in [0.1, 0.15) is 5.82 Å². The quantitative estimate of drug-likeness (QED) is 0.751. The molecule has 0 aliphatic carbocycles. The molecule has 0 saturated carbocycles. The summed E-state index contributed by atoms with van der Waals surface area (Å²) in [6.45, 7) is 0.813. The summed E-state index contributed by atoms with van der Waals surface area (Å²) in [4.78, 5) is 0. The van der Waals surface area contributed by atoms with E-state index < -0.39 is 0 Å². The van der Waals surface area contributed by atoms with Crippen molar-refractivity contribution in [2.75, 3.05) is 13.2 Å². The maximum Gasteiger partial charge on any atom is 0.124 e. The molecular weight excluding hydrogens is 208 g/mol. The van der Waals surface area contributed by atoms with E-state index in [4.69, 9.17) is 11.6 Å². The zero-order chi connectivity index (χ0) is 10.4. The van der Waals surface area contributed by atoms with Crippen molar-refractivity contribution < 1.29 is 8.78 Å². The summed E-state index contributed by atoms with van der Waals surface area (Å²) in [6.07, 6.45) is 0.485. The number of nitrogens with one attached hydrogen (secondary N) is 1. The highest BCUT2D eigenvalue weighted by molar-refractivity contribution is 6.31. The van der Waals surface area contributed by atoms with Gasteiger partial charge in [-0.05, 0) is 30.7 Å². The standard InChI is InChI=1S/C10H12ClF2N/c11-10-6-9(13)3-2-8(10)7-14-5-1-4-12/h2-3,6,14H,1,4-5,7H2. The Hall–Kier alpha value is -0.670. The SMILES string of the molecule is FCCCNCc1ccc(F)cc1Cl. The minimum atomic E-state index is -0.345. The lowest BCUT2D eigenvalue weighted by molar-refractivity contribution is 0.459. The first-order valence-corrected chi connectivity index (χ1v) is 4.82. The smallest absolute Gasteiger partial charge is 0.124 e. The van der Waals surface area contributed by atoms with Crippen LogP contribution in [0.25, 0.3) is 0 Å². The van der Waals surface area contributed by atoms with Crippen LogP contribution < -0.4 is 5.32 Å². The molecule has 0 unspecified atom stereocenters. The van der Waals surface area contributed by atoms with Gasteiger partial charge < -0.3 is 5.32 Å². The molecular formula is C10H12ClF2N. The molecule has 1 nitrogen and oxygen atoms in total.